The zero-order valence-electron chi connectivity index (χ0n) is 14.0. The Kier molecular flexibility index (Phi) is 5.26. The number of benzene rings is 2. The highest BCUT2D eigenvalue weighted by atomic mass is 32.1. The molecule has 3 aromatic rings. The first kappa shape index (κ1) is 16.9. The summed E-state index contributed by atoms with van der Waals surface area (Å²) in [6.45, 7) is 2.03. The summed E-state index contributed by atoms with van der Waals surface area (Å²) in [4.78, 5) is 16.5. The summed E-state index contributed by atoms with van der Waals surface area (Å²) in [5.41, 5.74) is 3.85. The maximum atomic E-state index is 12.1. The first-order chi connectivity index (χ1) is 12.2. The number of para-hydroxylation sites is 1. The summed E-state index contributed by atoms with van der Waals surface area (Å²) < 4.78 is 5.35. The molecule has 0 fully saturated rings. The normalized spacial score (nSPS) is 10.8. The molecule has 0 saturated heterocycles. The van der Waals surface area contributed by atoms with Crippen LogP contribution in [0.4, 0.5) is 5.13 Å². The Morgan fingerprint density at radius 3 is 2.68 bits per heavy atom. The molecule has 2 aromatic carbocycles. The van der Waals surface area contributed by atoms with Crippen LogP contribution in [-0.2, 0) is 4.79 Å². The van der Waals surface area contributed by atoms with Crippen LogP contribution >= 0.6 is 11.3 Å². The van der Waals surface area contributed by atoms with Gasteiger partial charge in [-0.25, -0.2) is 4.98 Å². The molecule has 0 aliphatic rings. The van der Waals surface area contributed by atoms with Crippen molar-refractivity contribution in [1.29, 1.82) is 0 Å². The number of nitrogens with zero attached hydrogens (tertiary/aromatic N) is 1. The Morgan fingerprint density at radius 2 is 1.92 bits per heavy atom. The summed E-state index contributed by atoms with van der Waals surface area (Å²) in [6, 6.07) is 15.6. The minimum absolute atomic E-state index is 0.207. The van der Waals surface area contributed by atoms with E-state index in [9.17, 15) is 4.79 Å². The van der Waals surface area contributed by atoms with Gasteiger partial charge in [-0.2, -0.15) is 0 Å². The molecule has 4 nitrogen and oxygen atoms in total. The molecule has 0 radical (unpaired) electrons. The lowest BCUT2D eigenvalue weighted by molar-refractivity contribution is -0.111. The standard InChI is InChI=1S/C20H18N2O2S/c1-14-7-9-15(10-8-14)11-12-19(23)22-20-21-17(13-25-20)16-5-3-4-6-18(16)24-2/h3-13H,1-2H3,(H,21,22,23)/b12-11+. The van der Waals surface area contributed by atoms with E-state index in [-0.39, 0.29) is 5.91 Å². The molecular formula is C20H18N2O2S. The van der Waals surface area contributed by atoms with Crippen LogP contribution in [0.1, 0.15) is 11.1 Å². The van der Waals surface area contributed by atoms with Gasteiger partial charge in [-0.05, 0) is 30.7 Å². The Hall–Kier alpha value is -2.92. The molecule has 0 atom stereocenters. The Labute approximate surface area is 150 Å². The highest BCUT2D eigenvalue weighted by Gasteiger charge is 2.10. The topological polar surface area (TPSA) is 51.2 Å². The number of aromatic nitrogens is 1. The van der Waals surface area contributed by atoms with Crippen molar-refractivity contribution in [2.75, 3.05) is 12.4 Å². The van der Waals surface area contributed by atoms with Crippen molar-refractivity contribution in [3.8, 4) is 17.0 Å². The average molecular weight is 350 g/mol. The van der Waals surface area contributed by atoms with E-state index in [2.05, 4.69) is 10.3 Å². The largest absolute Gasteiger partial charge is 0.496 e. The molecule has 1 N–H and O–H groups in total. The highest BCUT2D eigenvalue weighted by Crippen LogP contribution is 2.31. The van der Waals surface area contributed by atoms with Crippen LogP contribution in [0.5, 0.6) is 5.75 Å². The van der Waals surface area contributed by atoms with Crippen molar-refractivity contribution < 1.29 is 9.53 Å². The summed E-state index contributed by atoms with van der Waals surface area (Å²) in [5, 5.41) is 5.25. The SMILES string of the molecule is COc1ccccc1-c1csc(NC(=O)/C=C/c2ccc(C)cc2)n1. The van der Waals surface area contributed by atoms with Gasteiger partial charge in [0.25, 0.3) is 0 Å². The van der Waals surface area contributed by atoms with Crippen LogP contribution < -0.4 is 10.1 Å². The lowest BCUT2D eigenvalue weighted by Gasteiger charge is -2.04. The number of nitrogens with one attached hydrogen (secondary N) is 1. The molecule has 0 aliphatic carbocycles. The second kappa shape index (κ2) is 7.77. The maximum absolute atomic E-state index is 12.1. The summed E-state index contributed by atoms with van der Waals surface area (Å²) in [7, 11) is 1.63. The zero-order valence-corrected chi connectivity index (χ0v) is 14.8. The van der Waals surface area contributed by atoms with Gasteiger partial charge >= 0.3 is 0 Å². The van der Waals surface area contributed by atoms with E-state index in [0.717, 1.165) is 22.6 Å². The van der Waals surface area contributed by atoms with Crippen molar-refractivity contribution in [2.24, 2.45) is 0 Å². The number of amides is 1. The molecule has 1 heterocycles. The lowest BCUT2D eigenvalue weighted by atomic mass is 10.1. The molecule has 0 saturated carbocycles. The number of ether oxygens (including phenoxy) is 1. The summed E-state index contributed by atoms with van der Waals surface area (Å²) >= 11 is 1.38. The molecule has 5 heteroatoms. The van der Waals surface area contributed by atoms with Crippen molar-refractivity contribution in [1.82, 2.24) is 4.98 Å². The summed E-state index contributed by atoms with van der Waals surface area (Å²) in [5.74, 6) is 0.548. The Morgan fingerprint density at radius 1 is 1.16 bits per heavy atom. The van der Waals surface area contributed by atoms with E-state index < -0.39 is 0 Å². The molecule has 0 spiro atoms. The fourth-order valence-electron chi connectivity index (χ4n) is 2.31. The number of thiazole rings is 1. The third-order valence-electron chi connectivity index (χ3n) is 3.62. The van der Waals surface area contributed by atoms with Crippen LogP contribution in [0, 0.1) is 6.92 Å². The van der Waals surface area contributed by atoms with Crippen LogP contribution in [0.3, 0.4) is 0 Å². The predicted molar refractivity (Wildman–Crippen MR) is 103 cm³/mol. The predicted octanol–water partition coefficient (Wildman–Crippen LogP) is 4.78. The van der Waals surface area contributed by atoms with Gasteiger partial charge in [-0.15, -0.1) is 11.3 Å². The quantitative estimate of drug-likeness (QED) is 0.674. The van der Waals surface area contributed by atoms with Crippen molar-refractivity contribution >= 4 is 28.5 Å². The first-order valence-corrected chi connectivity index (χ1v) is 8.68. The molecule has 0 aliphatic heterocycles. The van der Waals surface area contributed by atoms with Gasteiger partial charge in [-0.3, -0.25) is 10.1 Å². The fraction of sp³-hybridized carbons (Fsp3) is 0.100. The van der Waals surface area contributed by atoms with E-state index in [1.807, 2.05) is 60.8 Å². The van der Waals surface area contributed by atoms with E-state index in [4.69, 9.17) is 4.74 Å². The van der Waals surface area contributed by atoms with E-state index in [1.54, 1.807) is 13.2 Å². The van der Waals surface area contributed by atoms with Gasteiger partial charge in [0.1, 0.15) is 5.75 Å². The minimum atomic E-state index is -0.207. The highest BCUT2D eigenvalue weighted by molar-refractivity contribution is 7.14. The monoisotopic (exact) mass is 350 g/mol. The van der Waals surface area contributed by atoms with Gasteiger partial charge in [0, 0.05) is 17.0 Å². The van der Waals surface area contributed by atoms with Crippen molar-refractivity contribution in [3.05, 3.63) is 71.1 Å². The van der Waals surface area contributed by atoms with Gasteiger partial charge < -0.3 is 4.74 Å². The molecule has 0 unspecified atom stereocenters. The van der Waals surface area contributed by atoms with Crippen LogP contribution in [0.2, 0.25) is 0 Å². The molecule has 1 amide bonds. The van der Waals surface area contributed by atoms with E-state index in [0.29, 0.717) is 5.13 Å². The smallest absolute Gasteiger partial charge is 0.250 e. The number of carbonyl (C=O) groups is 1. The second-order valence-electron chi connectivity index (χ2n) is 5.47. The molecular weight excluding hydrogens is 332 g/mol. The third kappa shape index (κ3) is 4.33. The van der Waals surface area contributed by atoms with Crippen molar-refractivity contribution in [2.45, 2.75) is 6.92 Å². The number of carbonyl (C=O) groups excluding carboxylic acids is 1. The minimum Gasteiger partial charge on any atom is -0.496 e. The van der Waals surface area contributed by atoms with E-state index in [1.165, 1.54) is 23.0 Å². The van der Waals surface area contributed by atoms with Crippen molar-refractivity contribution in [3.63, 3.8) is 0 Å². The first-order valence-electron chi connectivity index (χ1n) is 7.80. The van der Waals surface area contributed by atoms with Gasteiger partial charge in [-0.1, -0.05) is 42.0 Å². The number of aryl methyl sites for hydroxylation is 1. The Balaban J connectivity index is 1.68. The van der Waals surface area contributed by atoms with Crippen LogP contribution in [0.15, 0.2) is 60.0 Å². The number of hydrogen-bond acceptors (Lipinski definition) is 4. The maximum Gasteiger partial charge on any atom is 0.250 e. The average Bonchev–Trinajstić information content (AvgIpc) is 3.09. The van der Waals surface area contributed by atoms with E-state index >= 15 is 0 Å². The molecule has 3 rings (SSSR count). The zero-order chi connectivity index (χ0) is 17.6. The lowest BCUT2D eigenvalue weighted by Crippen LogP contribution is -2.07. The number of rotatable bonds is 5. The second-order valence-corrected chi connectivity index (χ2v) is 6.33. The number of methoxy groups -OCH3 is 1. The van der Waals surface area contributed by atoms with Gasteiger partial charge in [0.15, 0.2) is 5.13 Å². The molecule has 1 aromatic heterocycles. The van der Waals surface area contributed by atoms with Crippen LogP contribution in [0.25, 0.3) is 17.3 Å². The van der Waals surface area contributed by atoms with Gasteiger partial charge in [0.2, 0.25) is 5.91 Å². The fourth-order valence-corrected chi connectivity index (χ4v) is 3.02. The van der Waals surface area contributed by atoms with Crippen LogP contribution in [-0.4, -0.2) is 18.0 Å². The number of hydrogen-bond donors (Lipinski definition) is 1. The summed E-state index contributed by atoms with van der Waals surface area (Å²) in [6.07, 6.45) is 3.29. The molecule has 25 heavy (non-hydrogen) atoms. The third-order valence-corrected chi connectivity index (χ3v) is 4.38. The van der Waals surface area contributed by atoms with Gasteiger partial charge in [0.05, 0.1) is 12.8 Å². The Bertz CT molecular complexity index is 898. The molecule has 0 bridgehead atoms. The molecule has 126 valence electrons. The number of anilines is 1.